The van der Waals surface area contributed by atoms with Gasteiger partial charge in [-0.2, -0.15) is 0 Å². The lowest BCUT2D eigenvalue weighted by Gasteiger charge is -2.22. The van der Waals surface area contributed by atoms with Gasteiger partial charge in [0.1, 0.15) is 29.0 Å². The van der Waals surface area contributed by atoms with Crippen LogP contribution in [0.2, 0.25) is 0 Å². The molecule has 1 unspecified atom stereocenters. The Morgan fingerprint density at radius 3 is 2.69 bits per heavy atom. The maximum Gasteiger partial charge on any atom is 0.322 e. The number of urea groups is 1. The van der Waals surface area contributed by atoms with Crippen LogP contribution in [0.1, 0.15) is 24.8 Å². The van der Waals surface area contributed by atoms with Gasteiger partial charge in [-0.3, -0.25) is 0 Å². The molecule has 1 saturated heterocycles. The van der Waals surface area contributed by atoms with Crippen LogP contribution in [0.4, 0.5) is 23.7 Å². The maximum atomic E-state index is 14.2. The largest absolute Gasteiger partial charge is 0.438 e. The molecule has 3 aromatic carbocycles. The summed E-state index contributed by atoms with van der Waals surface area (Å²) in [6, 6.07) is 13.4. The Balaban J connectivity index is 1.41. The Hall–Kier alpha value is -3.81. The van der Waals surface area contributed by atoms with Gasteiger partial charge in [-0.05, 0) is 60.9 Å². The molecule has 0 radical (unpaired) electrons. The summed E-state index contributed by atoms with van der Waals surface area (Å²) in [6.07, 6.45) is 1.44. The second kappa shape index (κ2) is 8.03. The quantitative estimate of drug-likeness (QED) is 0.410. The van der Waals surface area contributed by atoms with Crippen LogP contribution in [-0.4, -0.2) is 22.5 Å². The molecule has 5 rings (SSSR count). The third kappa shape index (κ3) is 3.79. The molecule has 1 atom stereocenters. The van der Waals surface area contributed by atoms with Crippen molar-refractivity contribution in [1.29, 1.82) is 0 Å². The van der Waals surface area contributed by atoms with Crippen molar-refractivity contribution < 1.29 is 22.4 Å². The summed E-state index contributed by atoms with van der Waals surface area (Å²) < 4.78 is 46.7. The second-order valence-corrected chi connectivity index (χ2v) is 7.65. The number of carbonyl (C=O) groups excluding carboxylic acids is 1. The Morgan fingerprint density at radius 1 is 1.03 bits per heavy atom. The minimum atomic E-state index is -0.663. The normalized spacial score (nSPS) is 16.0. The van der Waals surface area contributed by atoms with Crippen LogP contribution >= 0.6 is 0 Å². The standard InChI is InChI=1S/C24H18F3N3O2/c25-15-3-1-4-17(12-15)28-24(31)30-10-2-5-21(30)23-29-20-11-14(6-9-22(20)32-23)18-8-7-16(26)13-19(18)27/h1,3-4,6-9,11-13,21H,2,5,10H2,(H,28,31). The molecule has 0 saturated carbocycles. The number of amides is 2. The molecule has 1 aliphatic heterocycles. The van der Waals surface area contributed by atoms with E-state index in [0.29, 0.717) is 41.2 Å². The average molecular weight is 437 g/mol. The van der Waals surface area contributed by atoms with Gasteiger partial charge in [0.25, 0.3) is 0 Å². The van der Waals surface area contributed by atoms with Crippen LogP contribution in [0.25, 0.3) is 22.2 Å². The third-order valence-electron chi connectivity index (χ3n) is 5.52. The third-order valence-corrected chi connectivity index (χ3v) is 5.52. The van der Waals surface area contributed by atoms with Gasteiger partial charge in [0.15, 0.2) is 5.58 Å². The lowest BCUT2D eigenvalue weighted by Crippen LogP contribution is -2.34. The van der Waals surface area contributed by atoms with Gasteiger partial charge in [-0.25, -0.2) is 22.9 Å². The molecule has 2 heterocycles. The summed E-state index contributed by atoms with van der Waals surface area (Å²) >= 11 is 0. The van der Waals surface area contributed by atoms with Gasteiger partial charge in [0.05, 0.1) is 0 Å². The molecule has 0 spiro atoms. The van der Waals surface area contributed by atoms with Crippen molar-refractivity contribution >= 4 is 22.8 Å². The summed E-state index contributed by atoms with van der Waals surface area (Å²) in [4.78, 5) is 18.9. The van der Waals surface area contributed by atoms with Crippen LogP contribution in [0.15, 0.2) is 65.1 Å². The zero-order chi connectivity index (χ0) is 22.2. The number of nitrogens with zero attached hydrogens (tertiary/aromatic N) is 2. The summed E-state index contributed by atoms with van der Waals surface area (Å²) in [7, 11) is 0. The van der Waals surface area contributed by atoms with E-state index in [9.17, 15) is 18.0 Å². The van der Waals surface area contributed by atoms with Crippen molar-refractivity contribution in [3.8, 4) is 11.1 Å². The Bertz CT molecular complexity index is 1320. The van der Waals surface area contributed by atoms with Crippen molar-refractivity contribution in [3.05, 3.63) is 84.0 Å². The van der Waals surface area contributed by atoms with E-state index in [2.05, 4.69) is 10.3 Å². The zero-order valence-corrected chi connectivity index (χ0v) is 16.8. The molecule has 1 aliphatic rings. The smallest absolute Gasteiger partial charge is 0.322 e. The van der Waals surface area contributed by atoms with E-state index >= 15 is 0 Å². The van der Waals surface area contributed by atoms with Crippen molar-refractivity contribution in [2.45, 2.75) is 18.9 Å². The number of hydrogen-bond donors (Lipinski definition) is 1. The number of halogens is 3. The van der Waals surface area contributed by atoms with Gasteiger partial charge in [-0.1, -0.05) is 12.1 Å². The lowest BCUT2D eigenvalue weighted by atomic mass is 10.0. The predicted octanol–water partition coefficient (Wildman–Crippen LogP) is 6.28. The van der Waals surface area contributed by atoms with E-state index < -0.39 is 17.5 Å². The fraction of sp³-hybridized carbons (Fsp3) is 0.167. The minimum Gasteiger partial charge on any atom is -0.438 e. The number of anilines is 1. The molecular weight excluding hydrogens is 419 g/mol. The van der Waals surface area contributed by atoms with Crippen molar-refractivity contribution in [1.82, 2.24) is 9.88 Å². The predicted molar refractivity (Wildman–Crippen MR) is 113 cm³/mol. The summed E-state index contributed by atoms with van der Waals surface area (Å²) in [5.41, 5.74) is 2.18. The number of carbonyl (C=O) groups is 1. The first-order chi connectivity index (χ1) is 15.5. The molecule has 8 heteroatoms. The highest BCUT2D eigenvalue weighted by molar-refractivity contribution is 5.90. The molecule has 0 aliphatic carbocycles. The van der Waals surface area contributed by atoms with Gasteiger partial charge in [0, 0.05) is 23.9 Å². The van der Waals surface area contributed by atoms with Gasteiger partial charge >= 0.3 is 6.03 Å². The SMILES string of the molecule is O=C(Nc1cccc(F)c1)N1CCCC1c1nc2cc(-c3ccc(F)cc3F)ccc2o1. The van der Waals surface area contributed by atoms with Crippen molar-refractivity contribution in [2.24, 2.45) is 0 Å². The molecule has 1 fully saturated rings. The van der Waals surface area contributed by atoms with Crippen LogP contribution in [0.3, 0.4) is 0 Å². The monoisotopic (exact) mass is 437 g/mol. The van der Waals surface area contributed by atoms with E-state index in [1.54, 1.807) is 29.2 Å². The molecule has 0 bridgehead atoms. The molecule has 1 N–H and O–H groups in total. The fourth-order valence-corrected chi connectivity index (χ4v) is 4.01. The fourth-order valence-electron chi connectivity index (χ4n) is 4.01. The van der Waals surface area contributed by atoms with E-state index in [1.807, 2.05) is 0 Å². The number of likely N-dealkylation sites (tertiary alicyclic amines) is 1. The molecule has 1 aromatic heterocycles. The Kier molecular flexibility index (Phi) is 5.05. The summed E-state index contributed by atoms with van der Waals surface area (Å²) in [6.45, 7) is 0.510. The molecule has 32 heavy (non-hydrogen) atoms. The van der Waals surface area contributed by atoms with Crippen molar-refractivity contribution in [2.75, 3.05) is 11.9 Å². The number of aromatic nitrogens is 1. The first kappa shape index (κ1) is 20.1. The molecule has 162 valence electrons. The van der Waals surface area contributed by atoms with E-state index in [0.717, 1.165) is 12.5 Å². The number of benzene rings is 3. The highest BCUT2D eigenvalue weighted by Crippen LogP contribution is 2.35. The summed E-state index contributed by atoms with van der Waals surface area (Å²) in [5.74, 6) is -1.37. The van der Waals surface area contributed by atoms with Crippen molar-refractivity contribution in [3.63, 3.8) is 0 Å². The highest BCUT2D eigenvalue weighted by atomic mass is 19.1. The number of rotatable bonds is 3. The van der Waals surface area contributed by atoms with Gasteiger partial charge in [0.2, 0.25) is 5.89 Å². The Morgan fingerprint density at radius 2 is 1.88 bits per heavy atom. The first-order valence-corrected chi connectivity index (χ1v) is 10.2. The molecule has 2 amide bonds. The molecule has 5 nitrogen and oxygen atoms in total. The molecule has 4 aromatic rings. The van der Waals surface area contributed by atoms with Gasteiger partial charge < -0.3 is 14.6 Å². The van der Waals surface area contributed by atoms with Crippen LogP contribution in [0, 0.1) is 17.5 Å². The van der Waals surface area contributed by atoms with Crippen LogP contribution in [-0.2, 0) is 0 Å². The topological polar surface area (TPSA) is 58.4 Å². The first-order valence-electron chi connectivity index (χ1n) is 10.2. The lowest BCUT2D eigenvalue weighted by molar-refractivity contribution is 0.199. The van der Waals surface area contributed by atoms with E-state index in [1.165, 1.54) is 30.3 Å². The number of fused-ring (bicyclic) bond motifs is 1. The van der Waals surface area contributed by atoms with E-state index in [4.69, 9.17) is 4.42 Å². The molecular formula is C24H18F3N3O2. The van der Waals surface area contributed by atoms with E-state index in [-0.39, 0.29) is 17.6 Å². The number of nitrogens with one attached hydrogen (secondary N) is 1. The Labute approximate surface area is 181 Å². The number of hydrogen-bond acceptors (Lipinski definition) is 3. The van der Waals surface area contributed by atoms with Crippen LogP contribution in [0.5, 0.6) is 0 Å². The zero-order valence-electron chi connectivity index (χ0n) is 16.8. The average Bonchev–Trinajstić information content (AvgIpc) is 3.40. The van der Waals surface area contributed by atoms with Crippen LogP contribution < -0.4 is 5.32 Å². The summed E-state index contributed by atoms with van der Waals surface area (Å²) in [5, 5.41) is 2.70. The second-order valence-electron chi connectivity index (χ2n) is 7.65. The van der Waals surface area contributed by atoms with Gasteiger partial charge in [-0.15, -0.1) is 0 Å². The maximum absolute atomic E-state index is 14.2. The number of oxazole rings is 1. The highest BCUT2D eigenvalue weighted by Gasteiger charge is 2.33. The minimum absolute atomic E-state index is 0.259.